The molecular formula is C10H11N3O. The Morgan fingerprint density at radius 3 is 2.93 bits per heavy atom. The van der Waals surface area contributed by atoms with E-state index in [9.17, 15) is 5.11 Å². The molecule has 0 atom stereocenters. The van der Waals surface area contributed by atoms with Crippen molar-refractivity contribution in [2.75, 3.05) is 0 Å². The minimum atomic E-state index is 0.223. The molecule has 72 valence electrons. The smallest absolute Gasteiger partial charge is 0.116 e. The largest absolute Gasteiger partial charge is 0.508 e. The topological polar surface area (TPSA) is 64.1 Å². The second-order valence-corrected chi connectivity index (χ2v) is 2.97. The van der Waals surface area contributed by atoms with Crippen LogP contribution in [0.3, 0.4) is 0 Å². The summed E-state index contributed by atoms with van der Waals surface area (Å²) in [5.74, 6) is 0.223. The van der Waals surface area contributed by atoms with Gasteiger partial charge in [0, 0.05) is 18.9 Å². The second-order valence-electron chi connectivity index (χ2n) is 2.97. The third-order valence-electron chi connectivity index (χ3n) is 2.03. The highest BCUT2D eigenvalue weighted by Gasteiger charge is 2.03. The first kappa shape index (κ1) is 8.77. The molecule has 0 amide bonds. The lowest BCUT2D eigenvalue weighted by atomic mass is 10.1. The number of phenols is 1. The first-order valence-corrected chi connectivity index (χ1v) is 4.33. The van der Waals surface area contributed by atoms with Gasteiger partial charge in [-0.25, -0.2) is 4.68 Å². The van der Waals surface area contributed by atoms with Crippen LogP contribution in [-0.2, 0) is 6.54 Å². The van der Waals surface area contributed by atoms with E-state index in [2.05, 4.69) is 5.10 Å². The number of hydrogen-bond acceptors (Lipinski definition) is 3. The lowest BCUT2D eigenvalue weighted by molar-refractivity contribution is 0.474. The quantitative estimate of drug-likeness (QED) is 0.741. The molecule has 0 fully saturated rings. The van der Waals surface area contributed by atoms with Gasteiger partial charge in [0.05, 0.1) is 5.69 Å². The molecule has 0 unspecified atom stereocenters. The van der Waals surface area contributed by atoms with Crippen molar-refractivity contribution in [3.63, 3.8) is 0 Å². The summed E-state index contributed by atoms with van der Waals surface area (Å²) in [6, 6.07) is 6.91. The summed E-state index contributed by atoms with van der Waals surface area (Å²) >= 11 is 0. The Morgan fingerprint density at radius 2 is 2.29 bits per heavy atom. The molecule has 0 aliphatic heterocycles. The number of aromatic hydroxyl groups is 1. The number of phenolic OH excluding ortho intramolecular Hbond substituents is 1. The summed E-state index contributed by atoms with van der Waals surface area (Å²) in [5.41, 5.74) is 7.34. The minimum Gasteiger partial charge on any atom is -0.508 e. The van der Waals surface area contributed by atoms with E-state index in [0.717, 1.165) is 11.3 Å². The van der Waals surface area contributed by atoms with Gasteiger partial charge in [-0.1, -0.05) is 0 Å². The standard InChI is InChI=1S/C10H11N3O/c11-7-8-6-9(14)2-3-10(8)13-5-1-4-12-13/h1-6,14H,7,11H2. The molecule has 0 bridgehead atoms. The summed E-state index contributed by atoms with van der Waals surface area (Å²) in [7, 11) is 0. The molecule has 2 aromatic rings. The van der Waals surface area contributed by atoms with Crippen LogP contribution in [-0.4, -0.2) is 14.9 Å². The number of nitrogens with two attached hydrogens (primary N) is 1. The maximum absolute atomic E-state index is 9.28. The molecule has 1 aromatic heterocycles. The molecular weight excluding hydrogens is 178 g/mol. The predicted molar refractivity (Wildman–Crippen MR) is 53.1 cm³/mol. The molecule has 2 rings (SSSR count). The predicted octanol–water partition coefficient (Wildman–Crippen LogP) is 1.04. The second kappa shape index (κ2) is 3.51. The van der Waals surface area contributed by atoms with E-state index >= 15 is 0 Å². The Hall–Kier alpha value is -1.81. The van der Waals surface area contributed by atoms with Gasteiger partial charge in [-0.05, 0) is 29.8 Å². The lowest BCUT2D eigenvalue weighted by Crippen LogP contribution is -2.04. The van der Waals surface area contributed by atoms with E-state index in [0.29, 0.717) is 6.54 Å². The van der Waals surface area contributed by atoms with Crippen molar-refractivity contribution in [2.24, 2.45) is 5.73 Å². The van der Waals surface area contributed by atoms with Gasteiger partial charge in [0.15, 0.2) is 0 Å². The van der Waals surface area contributed by atoms with Crippen LogP contribution in [0.15, 0.2) is 36.7 Å². The van der Waals surface area contributed by atoms with Crippen molar-refractivity contribution in [3.8, 4) is 11.4 Å². The monoisotopic (exact) mass is 189 g/mol. The third-order valence-corrected chi connectivity index (χ3v) is 2.03. The van der Waals surface area contributed by atoms with Crippen LogP contribution in [0.2, 0.25) is 0 Å². The van der Waals surface area contributed by atoms with Crippen LogP contribution in [0.25, 0.3) is 5.69 Å². The molecule has 0 aliphatic carbocycles. The highest BCUT2D eigenvalue weighted by atomic mass is 16.3. The normalized spacial score (nSPS) is 10.4. The molecule has 1 heterocycles. The SMILES string of the molecule is NCc1cc(O)ccc1-n1cccn1. The molecule has 0 saturated carbocycles. The van der Waals surface area contributed by atoms with Gasteiger partial charge >= 0.3 is 0 Å². The van der Waals surface area contributed by atoms with Gasteiger partial charge in [-0.15, -0.1) is 0 Å². The summed E-state index contributed by atoms with van der Waals surface area (Å²) in [6.45, 7) is 0.379. The number of benzene rings is 1. The first-order chi connectivity index (χ1) is 6.81. The number of rotatable bonds is 2. The van der Waals surface area contributed by atoms with Crippen LogP contribution in [0, 0.1) is 0 Å². The van der Waals surface area contributed by atoms with Crippen molar-refractivity contribution in [1.82, 2.24) is 9.78 Å². The number of aromatic nitrogens is 2. The van der Waals surface area contributed by atoms with Crippen molar-refractivity contribution in [3.05, 3.63) is 42.2 Å². The zero-order chi connectivity index (χ0) is 9.97. The van der Waals surface area contributed by atoms with Gasteiger partial charge in [-0.3, -0.25) is 0 Å². The molecule has 14 heavy (non-hydrogen) atoms. The van der Waals surface area contributed by atoms with Crippen molar-refractivity contribution in [2.45, 2.75) is 6.54 Å². The van der Waals surface area contributed by atoms with E-state index in [1.807, 2.05) is 12.3 Å². The summed E-state index contributed by atoms with van der Waals surface area (Å²) in [4.78, 5) is 0. The van der Waals surface area contributed by atoms with Gasteiger partial charge in [0.25, 0.3) is 0 Å². The van der Waals surface area contributed by atoms with Crippen LogP contribution in [0.1, 0.15) is 5.56 Å². The minimum absolute atomic E-state index is 0.223. The van der Waals surface area contributed by atoms with E-state index in [1.165, 1.54) is 0 Å². The van der Waals surface area contributed by atoms with Crippen LogP contribution in [0.5, 0.6) is 5.75 Å². The van der Waals surface area contributed by atoms with Gasteiger partial charge < -0.3 is 10.8 Å². The number of nitrogens with zero attached hydrogens (tertiary/aromatic N) is 2. The van der Waals surface area contributed by atoms with Crippen LogP contribution in [0.4, 0.5) is 0 Å². The molecule has 4 heteroatoms. The summed E-state index contributed by atoms with van der Waals surface area (Å²) in [5, 5.41) is 13.4. The first-order valence-electron chi connectivity index (χ1n) is 4.33. The van der Waals surface area contributed by atoms with E-state index in [4.69, 9.17) is 5.73 Å². The van der Waals surface area contributed by atoms with Gasteiger partial charge in [0.2, 0.25) is 0 Å². The average molecular weight is 189 g/mol. The Kier molecular flexibility index (Phi) is 2.20. The maximum Gasteiger partial charge on any atom is 0.116 e. The Labute approximate surface area is 81.6 Å². The Morgan fingerprint density at radius 1 is 1.43 bits per heavy atom. The van der Waals surface area contributed by atoms with Crippen LogP contribution >= 0.6 is 0 Å². The molecule has 0 saturated heterocycles. The van der Waals surface area contributed by atoms with Gasteiger partial charge in [0.1, 0.15) is 5.75 Å². The number of hydrogen-bond donors (Lipinski definition) is 2. The van der Waals surface area contributed by atoms with Crippen LogP contribution < -0.4 is 5.73 Å². The van der Waals surface area contributed by atoms with Crippen molar-refractivity contribution in [1.29, 1.82) is 0 Å². The molecule has 0 spiro atoms. The summed E-state index contributed by atoms with van der Waals surface area (Å²) in [6.07, 6.45) is 3.54. The maximum atomic E-state index is 9.28. The molecule has 4 nitrogen and oxygen atoms in total. The molecule has 3 N–H and O–H groups in total. The lowest BCUT2D eigenvalue weighted by Gasteiger charge is -2.07. The van der Waals surface area contributed by atoms with Crippen molar-refractivity contribution < 1.29 is 5.11 Å². The van der Waals surface area contributed by atoms with Gasteiger partial charge in [-0.2, -0.15) is 5.10 Å². The zero-order valence-corrected chi connectivity index (χ0v) is 7.59. The molecule has 0 aliphatic rings. The Balaban J connectivity index is 2.53. The molecule has 0 radical (unpaired) electrons. The highest BCUT2D eigenvalue weighted by Crippen LogP contribution is 2.18. The van der Waals surface area contributed by atoms with E-state index in [1.54, 1.807) is 29.1 Å². The third kappa shape index (κ3) is 1.47. The van der Waals surface area contributed by atoms with E-state index < -0.39 is 0 Å². The summed E-state index contributed by atoms with van der Waals surface area (Å²) < 4.78 is 1.72. The highest BCUT2D eigenvalue weighted by molar-refractivity contribution is 5.44. The fourth-order valence-electron chi connectivity index (χ4n) is 1.37. The van der Waals surface area contributed by atoms with Crippen molar-refractivity contribution >= 4 is 0 Å². The molecule has 1 aromatic carbocycles. The average Bonchev–Trinajstić information content (AvgIpc) is 2.70. The Bertz CT molecular complexity index is 423. The van der Waals surface area contributed by atoms with E-state index in [-0.39, 0.29) is 5.75 Å². The fourth-order valence-corrected chi connectivity index (χ4v) is 1.37. The zero-order valence-electron chi connectivity index (χ0n) is 7.59. The fraction of sp³-hybridized carbons (Fsp3) is 0.100.